The molecule has 3 heteroatoms. The molecule has 2 fully saturated rings. The lowest BCUT2D eigenvalue weighted by molar-refractivity contribution is -0.127. The van der Waals surface area contributed by atoms with Gasteiger partial charge in [-0.15, -0.1) is 0 Å². The SMILES string of the molecule is COc1ccc(CN2C3CCCC2CC(=O)C3)cc1. The molecule has 0 saturated carbocycles. The van der Waals surface area contributed by atoms with Gasteiger partial charge in [0.25, 0.3) is 0 Å². The molecule has 102 valence electrons. The molecule has 2 atom stereocenters. The molecule has 19 heavy (non-hydrogen) atoms. The average Bonchev–Trinajstić information content (AvgIpc) is 2.41. The van der Waals surface area contributed by atoms with Gasteiger partial charge < -0.3 is 4.74 Å². The molecule has 2 aliphatic rings. The van der Waals surface area contributed by atoms with Crippen LogP contribution in [-0.4, -0.2) is 29.9 Å². The van der Waals surface area contributed by atoms with Gasteiger partial charge in [-0.2, -0.15) is 0 Å². The lowest BCUT2D eigenvalue weighted by Gasteiger charge is -2.45. The van der Waals surface area contributed by atoms with E-state index < -0.39 is 0 Å². The Morgan fingerprint density at radius 3 is 2.37 bits per heavy atom. The summed E-state index contributed by atoms with van der Waals surface area (Å²) in [5, 5.41) is 0. The maximum atomic E-state index is 11.7. The highest BCUT2D eigenvalue weighted by Gasteiger charge is 2.37. The van der Waals surface area contributed by atoms with Gasteiger partial charge in [0.1, 0.15) is 11.5 Å². The van der Waals surface area contributed by atoms with Crippen LogP contribution in [0, 0.1) is 0 Å². The molecule has 2 aliphatic heterocycles. The first-order valence-electron chi connectivity index (χ1n) is 7.16. The van der Waals surface area contributed by atoms with Crippen molar-refractivity contribution in [2.75, 3.05) is 7.11 Å². The highest BCUT2D eigenvalue weighted by Crippen LogP contribution is 2.33. The van der Waals surface area contributed by atoms with Crippen LogP contribution in [0.3, 0.4) is 0 Å². The predicted octanol–water partition coefficient (Wildman–Crippen LogP) is 2.78. The van der Waals surface area contributed by atoms with E-state index >= 15 is 0 Å². The Balaban J connectivity index is 1.72. The van der Waals surface area contributed by atoms with E-state index in [4.69, 9.17) is 4.74 Å². The number of ether oxygens (including phenoxy) is 1. The highest BCUT2D eigenvalue weighted by atomic mass is 16.5. The predicted molar refractivity (Wildman–Crippen MR) is 74.2 cm³/mol. The first kappa shape index (κ1) is 12.7. The minimum atomic E-state index is 0.459. The minimum absolute atomic E-state index is 0.459. The fraction of sp³-hybridized carbons (Fsp3) is 0.562. The monoisotopic (exact) mass is 259 g/mol. The number of ketones is 1. The van der Waals surface area contributed by atoms with E-state index in [2.05, 4.69) is 17.0 Å². The highest BCUT2D eigenvalue weighted by molar-refractivity contribution is 5.80. The van der Waals surface area contributed by atoms with Crippen molar-refractivity contribution in [2.24, 2.45) is 0 Å². The molecule has 0 radical (unpaired) electrons. The third kappa shape index (κ3) is 2.66. The van der Waals surface area contributed by atoms with Crippen LogP contribution in [0.4, 0.5) is 0 Å². The Morgan fingerprint density at radius 1 is 1.16 bits per heavy atom. The summed E-state index contributed by atoms with van der Waals surface area (Å²) in [6.45, 7) is 0.965. The van der Waals surface area contributed by atoms with Gasteiger partial charge in [-0.1, -0.05) is 18.6 Å². The van der Waals surface area contributed by atoms with Crippen molar-refractivity contribution in [3.8, 4) is 5.75 Å². The molecule has 1 aromatic rings. The summed E-state index contributed by atoms with van der Waals surface area (Å²) >= 11 is 0. The van der Waals surface area contributed by atoms with Crippen LogP contribution < -0.4 is 4.74 Å². The Morgan fingerprint density at radius 2 is 1.79 bits per heavy atom. The van der Waals surface area contributed by atoms with Crippen LogP contribution in [0.5, 0.6) is 5.75 Å². The maximum absolute atomic E-state index is 11.7. The van der Waals surface area contributed by atoms with Gasteiger partial charge in [0.15, 0.2) is 0 Å². The topological polar surface area (TPSA) is 29.5 Å². The number of Topliss-reactive ketones (excluding diaryl/α,β-unsaturated/α-hetero) is 1. The van der Waals surface area contributed by atoms with Crippen LogP contribution >= 0.6 is 0 Å². The molecule has 2 unspecified atom stereocenters. The second-order valence-corrected chi connectivity index (χ2v) is 5.71. The van der Waals surface area contributed by atoms with Crippen LogP contribution in [-0.2, 0) is 11.3 Å². The van der Waals surface area contributed by atoms with Crippen molar-refractivity contribution in [1.82, 2.24) is 4.90 Å². The van der Waals surface area contributed by atoms with Crippen molar-refractivity contribution < 1.29 is 9.53 Å². The molecule has 0 aliphatic carbocycles. The summed E-state index contributed by atoms with van der Waals surface area (Å²) in [5.74, 6) is 1.36. The number of piperidine rings is 2. The second-order valence-electron chi connectivity index (χ2n) is 5.71. The standard InChI is InChI=1S/C16H21NO2/c1-19-16-7-5-12(6-8-16)11-17-13-3-2-4-14(17)10-15(18)9-13/h5-8,13-14H,2-4,9-11H2,1H3. The maximum Gasteiger partial charge on any atom is 0.136 e. The van der Waals surface area contributed by atoms with E-state index in [1.807, 2.05) is 12.1 Å². The zero-order valence-electron chi connectivity index (χ0n) is 11.5. The van der Waals surface area contributed by atoms with Crippen LogP contribution in [0.1, 0.15) is 37.7 Å². The van der Waals surface area contributed by atoms with E-state index in [1.165, 1.54) is 24.8 Å². The van der Waals surface area contributed by atoms with Gasteiger partial charge >= 0.3 is 0 Å². The summed E-state index contributed by atoms with van der Waals surface area (Å²) in [4.78, 5) is 14.3. The van der Waals surface area contributed by atoms with Crippen LogP contribution in [0.2, 0.25) is 0 Å². The normalized spacial score (nSPS) is 27.3. The number of hydrogen-bond donors (Lipinski definition) is 0. The van der Waals surface area contributed by atoms with Gasteiger partial charge in [-0.25, -0.2) is 0 Å². The summed E-state index contributed by atoms with van der Waals surface area (Å²) in [5.41, 5.74) is 1.31. The fourth-order valence-electron chi connectivity index (χ4n) is 3.47. The summed E-state index contributed by atoms with van der Waals surface area (Å²) < 4.78 is 5.19. The zero-order valence-corrected chi connectivity index (χ0v) is 11.5. The molecule has 2 saturated heterocycles. The van der Waals surface area contributed by atoms with Gasteiger partial charge in [-0.3, -0.25) is 9.69 Å². The molecule has 0 amide bonds. The third-order valence-corrected chi connectivity index (χ3v) is 4.46. The molecule has 2 heterocycles. The summed E-state index contributed by atoms with van der Waals surface area (Å²) in [6.07, 6.45) is 5.15. The number of nitrogens with zero attached hydrogens (tertiary/aromatic N) is 1. The van der Waals surface area contributed by atoms with Gasteiger partial charge in [0, 0.05) is 31.5 Å². The number of rotatable bonds is 3. The Kier molecular flexibility index (Phi) is 3.56. The van der Waals surface area contributed by atoms with Crippen molar-refractivity contribution in [3.63, 3.8) is 0 Å². The Labute approximate surface area is 114 Å². The lowest BCUT2D eigenvalue weighted by atomic mass is 9.83. The molecular formula is C16H21NO2. The molecule has 0 N–H and O–H groups in total. The van der Waals surface area contributed by atoms with Crippen LogP contribution in [0.15, 0.2) is 24.3 Å². The molecular weight excluding hydrogens is 238 g/mol. The number of carbonyl (C=O) groups is 1. The molecule has 0 aromatic heterocycles. The van der Waals surface area contributed by atoms with Gasteiger partial charge in [-0.05, 0) is 30.5 Å². The van der Waals surface area contributed by atoms with Crippen molar-refractivity contribution in [3.05, 3.63) is 29.8 Å². The van der Waals surface area contributed by atoms with Crippen molar-refractivity contribution >= 4 is 5.78 Å². The molecule has 2 bridgehead atoms. The minimum Gasteiger partial charge on any atom is -0.497 e. The summed E-state index contributed by atoms with van der Waals surface area (Å²) in [6, 6.07) is 9.24. The molecule has 3 nitrogen and oxygen atoms in total. The number of fused-ring (bicyclic) bond motifs is 2. The number of carbonyl (C=O) groups excluding carboxylic acids is 1. The molecule has 1 aromatic carbocycles. The van der Waals surface area contributed by atoms with E-state index in [9.17, 15) is 4.79 Å². The Bertz CT molecular complexity index is 438. The number of benzene rings is 1. The van der Waals surface area contributed by atoms with Crippen LogP contribution in [0.25, 0.3) is 0 Å². The quantitative estimate of drug-likeness (QED) is 0.836. The zero-order chi connectivity index (χ0) is 13.2. The van der Waals surface area contributed by atoms with E-state index in [0.29, 0.717) is 17.9 Å². The first-order chi connectivity index (χ1) is 9.26. The number of methoxy groups -OCH3 is 1. The van der Waals surface area contributed by atoms with Gasteiger partial charge in [0.05, 0.1) is 7.11 Å². The van der Waals surface area contributed by atoms with E-state index in [1.54, 1.807) is 7.11 Å². The van der Waals surface area contributed by atoms with Crippen molar-refractivity contribution in [1.29, 1.82) is 0 Å². The van der Waals surface area contributed by atoms with Gasteiger partial charge in [0.2, 0.25) is 0 Å². The average molecular weight is 259 g/mol. The first-order valence-corrected chi connectivity index (χ1v) is 7.16. The summed E-state index contributed by atoms with van der Waals surface area (Å²) in [7, 11) is 1.69. The lowest BCUT2D eigenvalue weighted by Crippen LogP contribution is -2.51. The largest absolute Gasteiger partial charge is 0.497 e. The van der Waals surface area contributed by atoms with Crippen molar-refractivity contribution in [2.45, 2.75) is 50.7 Å². The second kappa shape index (κ2) is 5.33. The number of hydrogen-bond acceptors (Lipinski definition) is 3. The van der Waals surface area contributed by atoms with E-state index in [0.717, 1.165) is 25.1 Å². The molecule has 3 rings (SSSR count). The fourth-order valence-corrected chi connectivity index (χ4v) is 3.47. The smallest absolute Gasteiger partial charge is 0.136 e. The molecule has 0 spiro atoms. The Hall–Kier alpha value is -1.35. The van der Waals surface area contributed by atoms with E-state index in [-0.39, 0.29) is 0 Å². The third-order valence-electron chi connectivity index (χ3n) is 4.46.